The lowest BCUT2D eigenvalue weighted by Gasteiger charge is -2.35. The molecule has 1 aromatic carbocycles. The van der Waals surface area contributed by atoms with Crippen molar-refractivity contribution in [3.8, 4) is 0 Å². The largest absolute Gasteiger partial charge is 0.395 e. The summed E-state index contributed by atoms with van der Waals surface area (Å²) in [5.74, 6) is 0. The third-order valence-electron chi connectivity index (χ3n) is 3.84. The van der Waals surface area contributed by atoms with E-state index in [1.54, 1.807) is 0 Å². The first-order valence-corrected chi connectivity index (χ1v) is 7.87. The zero-order valence-electron chi connectivity index (χ0n) is 11.9. The molecule has 0 amide bonds. The number of hydrogen-bond donors (Lipinski definition) is 1. The number of aliphatic hydroxyl groups is 1. The van der Waals surface area contributed by atoms with E-state index in [2.05, 4.69) is 15.9 Å². The van der Waals surface area contributed by atoms with Gasteiger partial charge in [-0.15, -0.1) is 11.6 Å². The lowest BCUT2D eigenvalue weighted by molar-refractivity contribution is 0.112. The van der Waals surface area contributed by atoms with Crippen molar-refractivity contribution in [3.05, 3.63) is 34.3 Å². The molecule has 0 aromatic heterocycles. The van der Waals surface area contributed by atoms with Crippen molar-refractivity contribution in [3.63, 3.8) is 0 Å². The fourth-order valence-electron chi connectivity index (χ4n) is 2.53. The van der Waals surface area contributed by atoms with E-state index in [9.17, 15) is 0 Å². The normalized spacial score (nSPS) is 19.2. The first-order chi connectivity index (χ1) is 9.60. The quantitative estimate of drug-likeness (QED) is 0.846. The van der Waals surface area contributed by atoms with Crippen LogP contribution in [0.5, 0.6) is 0 Å². The molecule has 1 unspecified atom stereocenters. The molecule has 0 aliphatic carbocycles. The number of aryl methyl sites for hydroxylation is 1. The number of rotatable bonds is 5. The minimum atomic E-state index is -0.00430. The molecule has 0 radical (unpaired) electrons. The molecular formula is C15H22Cl2N2O. The third kappa shape index (κ3) is 4.34. The van der Waals surface area contributed by atoms with E-state index in [0.717, 1.165) is 55.4 Å². The molecule has 1 heterocycles. The first-order valence-electron chi connectivity index (χ1n) is 7.06. The van der Waals surface area contributed by atoms with Crippen LogP contribution >= 0.6 is 23.2 Å². The number of piperazine rings is 1. The van der Waals surface area contributed by atoms with Gasteiger partial charge in [-0.2, -0.15) is 0 Å². The Morgan fingerprint density at radius 2 is 1.85 bits per heavy atom. The summed E-state index contributed by atoms with van der Waals surface area (Å²) < 4.78 is 0. The topological polar surface area (TPSA) is 26.7 Å². The Hall–Kier alpha value is -0.320. The molecule has 3 nitrogen and oxygen atoms in total. The number of alkyl halides is 1. The Morgan fingerprint density at radius 3 is 2.45 bits per heavy atom. The standard InChI is InChI=1S/C15H22Cl2N2O/c1-12-10-13(2-3-14(12)16)15(17)11-19-6-4-18(5-7-19)8-9-20/h2-3,10,15,20H,4-9,11H2,1H3. The van der Waals surface area contributed by atoms with Gasteiger partial charge in [0.15, 0.2) is 0 Å². The highest BCUT2D eigenvalue weighted by atomic mass is 35.5. The van der Waals surface area contributed by atoms with Gasteiger partial charge in [-0.25, -0.2) is 0 Å². The highest BCUT2D eigenvalue weighted by molar-refractivity contribution is 6.31. The lowest BCUT2D eigenvalue weighted by atomic mass is 10.1. The molecule has 1 aliphatic heterocycles. The van der Waals surface area contributed by atoms with Gasteiger partial charge in [0, 0.05) is 44.3 Å². The van der Waals surface area contributed by atoms with Crippen molar-refractivity contribution in [2.24, 2.45) is 0 Å². The van der Waals surface area contributed by atoms with E-state index in [0.29, 0.717) is 0 Å². The van der Waals surface area contributed by atoms with Crippen molar-refractivity contribution in [1.29, 1.82) is 0 Å². The number of aliphatic hydroxyl groups excluding tert-OH is 1. The van der Waals surface area contributed by atoms with Crippen LogP contribution in [-0.4, -0.2) is 60.8 Å². The Bertz CT molecular complexity index is 434. The van der Waals surface area contributed by atoms with Crippen LogP contribution in [0, 0.1) is 6.92 Å². The summed E-state index contributed by atoms with van der Waals surface area (Å²) in [6, 6.07) is 6.00. The van der Waals surface area contributed by atoms with Crippen molar-refractivity contribution < 1.29 is 5.11 Å². The molecule has 20 heavy (non-hydrogen) atoms. The van der Waals surface area contributed by atoms with E-state index < -0.39 is 0 Å². The Kier molecular flexibility index (Phi) is 6.12. The van der Waals surface area contributed by atoms with Gasteiger partial charge in [-0.1, -0.05) is 23.7 Å². The summed E-state index contributed by atoms with van der Waals surface area (Å²) in [5, 5.41) is 9.72. The zero-order chi connectivity index (χ0) is 14.5. The Labute approximate surface area is 131 Å². The van der Waals surface area contributed by atoms with Crippen molar-refractivity contribution >= 4 is 23.2 Å². The fraction of sp³-hybridized carbons (Fsp3) is 0.600. The Balaban J connectivity index is 1.85. The maximum Gasteiger partial charge on any atom is 0.0712 e. The van der Waals surface area contributed by atoms with E-state index in [4.69, 9.17) is 28.3 Å². The van der Waals surface area contributed by atoms with E-state index in [1.165, 1.54) is 0 Å². The van der Waals surface area contributed by atoms with Crippen LogP contribution in [0.15, 0.2) is 18.2 Å². The van der Waals surface area contributed by atoms with Crippen molar-refractivity contribution in [2.45, 2.75) is 12.3 Å². The molecule has 1 fully saturated rings. The third-order valence-corrected chi connectivity index (χ3v) is 4.66. The van der Waals surface area contributed by atoms with Gasteiger partial charge in [0.1, 0.15) is 0 Å². The maximum absolute atomic E-state index is 8.94. The van der Waals surface area contributed by atoms with Gasteiger partial charge in [-0.05, 0) is 24.1 Å². The van der Waals surface area contributed by atoms with E-state index in [1.807, 2.05) is 19.1 Å². The minimum absolute atomic E-state index is 0.00430. The summed E-state index contributed by atoms with van der Waals surface area (Å²) in [4.78, 5) is 4.67. The molecular weight excluding hydrogens is 295 g/mol. The average Bonchev–Trinajstić information content (AvgIpc) is 2.44. The lowest BCUT2D eigenvalue weighted by Crippen LogP contribution is -2.47. The van der Waals surface area contributed by atoms with Gasteiger partial charge in [0.25, 0.3) is 0 Å². The summed E-state index contributed by atoms with van der Waals surface area (Å²) in [6.07, 6.45) is 0. The molecule has 0 bridgehead atoms. The molecule has 0 saturated carbocycles. The van der Waals surface area contributed by atoms with Gasteiger partial charge >= 0.3 is 0 Å². The van der Waals surface area contributed by atoms with E-state index in [-0.39, 0.29) is 12.0 Å². The molecule has 112 valence electrons. The molecule has 1 atom stereocenters. The van der Waals surface area contributed by atoms with Gasteiger partial charge < -0.3 is 5.11 Å². The predicted octanol–water partition coefficient (Wildman–Crippen LogP) is 2.54. The van der Waals surface area contributed by atoms with Crippen LogP contribution in [0.1, 0.15) is 16.5 Å². The monoisotopic (exact) mass is 316 g/mol. The number of hydrogen-bond acceptors (Lipinski definition) is 3. The summed E-state index contributed by atoms with van der Waals surface area (Å²) >= 11 is 12.6. The summed E-state index contributed by atoms with van der Waals surface area (Å²) in [6.45, 7) is 7.90. The molecule has 1 aromatic rings. The SMILES string of the molecule is Cc1cc(C(Cl)CN2CCN(CCO)CC2)ccc1Cl. The van der Waals surface area contributed by atoms with E-state index >= 15 is 0 Å². The summed E-state index contributed by atoms with van der Waals surface area (Å²) in [7, 11) is 0. The van der Waals surface area contributed by atoms with Crippen LogP contribution < -0.4 is 0 Å². The second-order valence-electron chi connectivity index (χ2n) is 5.34. The van der Waals surface area contributed by atoms with Gasteiger partial charge in [0.2, 0.25) is 0 Å². The Morgan fingerprint density at radius 1 is 1.20 bits per heavy atom. The number of halogens is 2. The molecule has 1 aliphatic rings. The van der Waals surface area contributed by atoms with Crippen molar-refractivity contribution in [1.82, 2.24) is 9.80 Å². The first kappa shape index (κ1) is 16.1. The number of β-amino-alcohol motifs (C(OH)–C–C–N with tert-alkyl or cyclic N) is 1. The van der Waals surface area contributed by atoms with Crippen LogP contribution in [0.4, 0.5) is 0 Å². The van der Waals surface area contributed by atoms with Gasteiger partial charge in [0.05, 0.1) is 12.0 Å². The molecule has 0 spiro atoms. The smallest absolute Gasteiger partial charge is 0.0712 e. The molecule has 1 saturated heterocycles. The average molecular weight is 317 g/mol. The molecule has 2 rings (SSSR count). The summed E-state index contributed by atoms with van der Waals surface area (Å²) in [5.41, 5.74) is 2.20. The second-order valence-corrected chi connectivity index (χ2v) is 6.28. The maximum atomic E-state index is 8.94. The van der Waals surface area contributed by atoms with Gasteiger partial charge in [-0.3, -0.25) is 9.80 Å². The molecule has 1 N–H and O–H groups in total. The van der Waals surface area contributed by atoms with Crippen molar-refractivity contribution in [2.75, 3.05) is 45.9 Å². The zero-order valence-corrected chi connectivity index (χ0v) is 13.4. The minimum Gasteiger partial charge on any atom is -0.395 e. The highest BCUT2D eigenvalue weighted by Gasteiger charge is 2.19. The predicted molar refractivity (Wildman–Crippen MR) is 84.7 cm³/mol. The second kappa shape index (κ2) is 7.62. The van der Waals surface area contributed by atoms with Crippen LogP contribution in [0.3, 0.4) is 0 Å². The number of benzene rings is 1. The number of nitrogens with zero attached hydrogens (tertiary/aromatic N) is 2. The van der Waals surface area contributed by atoms with Crippen LogP contribution in [0.2, 0.25) is 5.02 Å². The fourth-order valence-corrected chi connectivity index (χ4v) is 2.98. The highest BCUT2D eigenvalue weighted by Crippen LogP contribution is 2.26. The van der Waals surface area contributed by atoms with Crippen LogP contribution in [0.25, 0.3) is 0 Å². The van der Waals surface area contributed by atoms with Crippen LogP contribution in [-0.2, 0) is 0 Å². The molecule has 5 heteroatoms.